The zero-order chi connectivity index (χ0) is 12.3. The summed E-state index contributed by atoms with van der Waals surface area (Å²) in [6, 6.07) is 10.6. The largest absolute Gasteiger partial charge is 0.313 e. The highest BCUT2D eigenvalue weighted by molar-refractivity contribution is 7.19. The van der Waals surface area contributed by atoms with Crippen molar-refractivity contribution in [3.05, 3.63) is 45.8 Å². The molecule has 90 valence electrons. The maximum Gasteiger partial charge on any atom is 0.0934 e. The highest BCUT2D eigenvalue weighted by Crippen LogP contribution is 2.33. The second kappa shape index (κ2) is 5.67. The van der Waals surface area contributed by atoms with Gasteiger partial charge < -0.3 is 5.32 Å². The number of aryl methyl sites for hydroxylation is 1. The molecule has 0 amide bonds. The van der Waals surface area contributed by atoms with Gasteiger partial charge >= 0.3 is 0 Å². The van der Waals surface area contributed by atoms with Gasteiger partial charge in [-0.05, 0) is 48.4 Å². The molecule has 0 fully saturated rings. The topological polar surface area (TPSA) is 12.0 Å². The molecule has 2 aromatic rings. The van der Waals surface area contributed by atoms with Gasteiger partial charge in [-0.2, -0.15) is 0 Å². The lowest BCUT2D eigenvalue weighted by Gasteiger charge is -2.07. The maximum absolute atomic E-state index is 5.99. The van der Waals surface area contributed by atoms with Crippen LogP contribution in [0.3, 0.4) is 0 Å². The molecule has 0 unspecified atom stereocenters. The lowest BCUT2D eigenvalue weighted by atomic mass is 10.0. The van der Waals surface area contributed by atoms with Crippen LogP contribution in [0.4, 0.5) is 0 Å². The van der Waals surface area contributed by atoms with Gasteiger partial charge in [0.2, 0.25) is 0 Å². The molecular formula is C14H16ClNS. The Morgan fingerprint density at radius 1 is 1.24 bits per heavy atom. The first kappa shape index (κ1) is 12.6. The van der Waals surface area contributed by atoms with Crippen LogP contribution >= 0.6 is 22.9 Å². The van der Waals surface area contributed by atoms with Gasteiger partial charge in [0.15, 0.2) is 0 Å². The number of thiophene rings is 1. The molecule has 1 nitrogen and oxygen atoms in total. The lowest BCUT2D eigenvalue weighted by molar-refractivity contribution is 0.727. The summed E-state index contributed by atoms with van der Waals surface area (Å²) in [7, 11) is 0. The Morgan fingerprint density at radius 2 is 2.06 bits per heavy atom. The van der Waals surface area contributed by atoms with E-state index >= 15 is 0 Å². The van der Waals surface area contributed by atoms with Crippen LogP contribution < -0.4 is 5.32 Å². The summed E-state index contributed by atoms with van der Waals surface area (Å²) in [6.45, 7) is 6.17. The molecule has 0 aliphatic carbocycles. The number of nitrogens with one attached hydrogen (secondary N) is 1. The molecule has 0 saturated heterocycles. The van der Waals surface area contributed by atoms with E-state index in [1.165, 1.54) is 21.6 Å². The molecule has 0 spiro atoms. The number of benzene rings is 1. The Morgan fingerprint density at radius 3 is 2.71 bits per heavy atom. The van der Waals surface area contributed by atoms with E-state index in [4.69, 9.17) is 11.6 Å². The highest BCUT2D eigenvalue weighted by atomic mass is 35.5. The predicted octanol–water partition coefficient (Wildman–Crippen LogP) is 4.49. The van der Waals surface area contributed by atoms with E-state index in [9.17, 15) is 0 Å². The molecule has 1 aromatic carbocycles. The number of hydrogen-bond donors (Lipinski definition) is 1. The molecule has 17 heavy (non-hydrogen) atoms. The summed E-state index contributed by atoms with van der Waals surface area (Å²) in [5.41, 5.74) is 3.90. The van der Waals surface area contributed by atoms with Crippen LogP contribution in [0.5, 0.6) is 0 Å². The SMILES string of the molecule is CCNCc1ccc(C)c(-c2ccc(Cl)s2)c1. The smallest absolute Gasteiger partial charge is 0.0934 e. The fourth-order valence-electron chi connectivity index (χ4n) is 1.77. The van der Waals surface area contributed by atoms with Crippen molar-refractivity contribution in [2.24, 2.45) is 0 Å². The number of rotatable bonds is 4. The molecule has 0 saturated carbocycles. The van der Waals surface area contributed by atoms with Crippen molar-refractivity contribution < 1.29 is 0 Å². The third-order valence-corrected chi connectivity index (χ3v) is 3.98. The second-order valence-corrected chi connectivity index (χ2v) is 5.75. The molecule has 0 bridgehead atoms. The number of hydrogen-bond acceptors (Lipinski definition) is 2. The van der Waals surface area contributed by atoms with E-state index < -0.39 is 0 Å². The van der Waals surface area contributed by atoms with Crippen molar-refractivity contribution in [1.29, 1.82) is 0 Å². The maximum atomic E-state index is 5.99. The Labute approximate surface area is 111 Å². The average Bonchev–Trinajstić information content (AvgIpc) is 2.75. The normalized spacial score (nSPS) is 10.8. The van der Waals surface area contributed by atoms with E-state index in [1.807, 2.05) is 6.07 Å². The van der Waals surface area contributed by atoms with Gasteiger partial charge in [0, 0.05) is 11.4 Å². The van der Waals surface area contributed by atoms with Crippen molar-refractivity contribution in [3.8, 4) is 10.4 Å². The van der Waals surface area contributed by atoms with Crippen LogP contribution in [-0.2, 0) is 6.54 Å². The molecule has 0 atom stereocenters. The fourth-order valence-corrected chi connectivity index (χ4v) is 2.90. The van der Waals surface area contributed by atoms with Crippen LogP contribution in [0.15, 0.2) is 30.3 Å². The molecule has 1 aromatic heterocycles. The molecular weight excluding hydrogens is 250 g/mol. The predicted molar refractivity (Wildman–Crippen MR) is 76.9 cm³/mol. The van der Waals surface area contributed by atoms with Crippen LogP contribution in [0.2, 0.25) is 4.34 Å². The van der Waals surface area contributed by atoms with E-state index in [0.717, 1.165) is 17.4 Å². The van der Waals surface area contributed by atoms with Crippen LogP contribution in [0.25, 0.3) is 10.4 Å². The van der Waals surface area contributed by atoms with Gasteiger partial charge in [-0.25, -0.2) is 0 Å². The first-order chi connectivity index (χ1) is 8.20. The fraction of sp³-hybridized carbons (Fsp3) is 0.286. The summed E-state index contributed by atoms with van der Waals surface area (Å²) in [5, 5.41) is 3.35. The quantitative estimate of drug-likeness (QED) is 0.859. The van der Waals surface area contributed by atoms with Crippen LogP contribution in [0, 0.1) is 6.92 Å². The third kappa shape index (κ3) is 3.09. The van der Waals surface area contributed by atoms with Gasteiger partial charge in [-0.3, -0.25) is 0 Å². The standard InChI is InChI=1S/C14H16ClNS/c1-3-16-9-11-5-4-10(2)12(8-11)13-6-7-14(15)17-13/h4-8,16H,3,9H2,1-2H3. The van der Waals surface area contributed by atoms with Crippen molar-refractivity contribution in [1.82, 2.24) is 5.32 Å². The number of halogens is 1. The zero-order valence-corrected chi connectivity index (χ0v) is 11.7. The molecule has 1 N–H and O–H groups in total. The van der Waals surface area contributed by atoms with E-state index in [2.05, 4.69) is 43.4 Å². The molecule has 0 radical (unpaired) electrons. The highest BCUT2D eigenvalue weighted by Gasteiger charge is 2.06. The molecule has 1 heterocycles. The van der Waals surface area contributed by atoms with Crippen LogP contribution in [-0.4, -0.2) is 6.54 Å². The third-order valence-electron chi connectivity index (χ3n) is 2.72. The monoisotopic (exact) mass is 265 g/mol. The van der Waals surface area contributed by atoms with E-state index in [1.54, 1.807) is 11.3 Å². The first-order valence-electron chi connectivity index (χ1n) is 5.76. The Balaban J connectivity index is 2.32. The zero-order valence-electron chi connectivity index (χ0n) is 10.1. The minimum absolute atomic E-state index is 0.844. The van der Waals surface area contributed by atoms with Crippen LogP contribution in [0.1, 0.15) is 18.1 Å². The molecule has 0 aliphatic rings. The van der Waals surface area contributed by atoms with E-state index in [0.29, 0.717) is 0 Å². The van der Waals surface area contributed by atoms with Crippen molar-refractivity contribution in [3.63, 3.8) is 0 Å². The van der Waals surface area contributed by atoms with Crippen molar-refractivity contribution >= 4 is 22.9 Å². The van der Waals surface area contributed by atoms with Crippen molar-refractivity contribution in [2.45, 2.75) is 20.4 Å². The van der Waals surface area contributed by atoms with Gasteiger partial charge in [0.1, 0.15) is 0 Å². The van der Waals surface area contributed by atoms with Gasteiger partial charge in [-0.1, -0.05) is 30.7 Å². The minimum atomic E-state index is 0.844. The summed E-state index contributed by atoms with van der Waals surface area (Å²) < 4.78 is 0.844. The Kier molecular flexibility index (Phi) is 4.21. The molecule has 0 aliphatic heterocycles. The van der Waals surface area contributed by atoms with Gasteiger partial charge in [0.25, 0.3) is 0 Å². The average molecular weight is 266 g/mol. The molecule has 2 rings (SSSR count). The molecule has 3 heteroatoms. The van der Waals surface area contributed by atoms with Gasteiger partial charge in [-0.15, -0.1) is 11.3 Å². The Bertz CT molecular complexity index is 505. The second-order valence-electron chi connectivity index (χ2n) is 4.03. The van der Waals surface area contributed by atoms with E-state index in [-0.39, 0.29) is 0 Å². The summed E-state index contributed by atoms with van der Waals surface area (Å²) in [4.78, 5) is 1.24. The summed E-state index contributed by atoms with van der Waals surface area (Å²) >= 11 is 7.62. The summed E-state index contributed by atoms with van der Waals surface area (Å²) in [5.74, 6) is 0. The first-order valence-corrected chi connectivity index (χ1v) is 6.96. The Hall–Kier alpha value is -0.830. The minimum Gasteiger partial charge on any atom is -0.313 e. The summed E-state index contributed by atoms with van der Waals surface area (Å²) in [6.07, 6.45) is 0. The van der Waals surface area contributed by atoms with Crippen molar-refractivity contribution in [2.75, 3.05) is 6.54 Å². The lowest BCUT2D eigenvalue weighted by Crippen LogP contribution is -2.11. The van der Waals surface area contributed by atoms with Gasteiger partial charge in [0.05, 0.1) is 4.34 Å².